The lowest BCUT2D eigenvalue weighted by atomic mass is 9.85. The second-order valence-electron chi connectivity index (χ2n) is 4.69. The summed E-state index contributed by atoms with van der Waals surface area (Å²) in [6, 6.07) is 1.90. The molecule has 1 heterocycles. The fourth-order valence-electron chi connectivity index (χ4n) is 1.58. The predicted molar refractivity (Wildman–Crippen MR) is 64.1 cm³/mol. The number of hydrogen-bond donors (Lipinski definition) is 1. The monoisotopic (exact) mass is 254 g/mol. The summed E-state index contributed by atoms with van der Waals surface area (Å²) in [4.78, 5) is 22.8. The van der Waals surface area contributed by atoms with Crippen molar-refractivity contribution >= 4 is 11.9 Å². The van der Waals surface area contributed by atoms with Crippen LogP contribution in [0.5, 0.6) is 0 Å². The minimum Gasteiger partial charge on any atom is -0.480 e. The number of ether oxygens (including phenoxy) is 1. The molecule has 0 aliphatic carbocycles. The molecule has 0 spiro atoms. The Balaban J connectivity index is 2.97. The number of methoxy groups -OCH3 is 1. The Bertz CT molecular complexity index is 453. The summed E-state index contributed by atoms with van der Waals surface area (Å²) >= 11 is 0. The Morgan fingerprint density at radius 3 is 2.56 bits per heavy atom. The van der Waals surface area contributed by atoms with Crippen LogP contribution in [-0.4, -0.2) is 33.9 Å². The SMILES string of the molecule is COC(=O)C(C)(Cc1ccn(C(C)C)n1)C(=O)O. The van der Waals surface area contributed by atoms with E-state index in [0.29, 0.717) is 5.69 Å². The Morgan fingerprint density at radius 1 is 1.56 bits per heavy atom. The first-order chi connectivity index (χ1) is 8.31. The average Bonchev–Trinajstić information content (AvgIpc) is 2.75. The molecule has 0 bridgehead atoms. The third kappa shape index (κ3) is 2.69. The molecule has 0 aromatic carbocycles. The Kier molecular flexibility index (Phi) is 4.11. The molecule has 1 N–H and O–H groups in total. The van der Waals surface area contributed by atoms with E-state index in [9.17, 15) is 14.7 Å². The second kappa shape index (κ2) is 5.20. The van der Waals surface area contributed by atoms with Gasteiger partial charge in [0, 0.05) is 18.7 Å². The van der Waals surface area contributed by atoms with Gasteiger partial charge < -0.3 is 9.84 Å². The minimum atomic E-state index is -1.61. The Hall–Kier alpha value is -1.85. The lowest BCUT2D eigenvalue weighted by Gasteiger charge is -2.20. The Morgan fingerprint density at radius 2 is 2.17 bits per heavy atom. The molecule has 0 amide bonds. The maximum atomic E-state index is 11.6. The van der Waals surface area contributed by atoms with Gasteiger partial charge in [-0.15, -0.1) is 0 Å². The molecule has 18 heavy (non-hydrogen) atoms. The van der Waals surface area contributed by atoms with Crippen molar-refractivity contribution in [3.8, 4) is 0 Å². The van der Waals surface area contributed by atoms with Gasteiger partial charge in [0.25, 0.3) is 0 Å². The zero-order chi connectivity index (χ0) is 13.9. The van der Waals surface area contributed by atoms with Crippen LogP contribution in [-0.2, 0) is 20.7 Å². The number of carbonyl (C=O) groups excluding carboxylic acids is 1. The third-order valence-corrected chi connectivity index (χ3v) is 2.84. The summed E-state index contributed by atoms with van der Waals surface area (Å²) < 4.78 is 6.27. The molecule has 0 saturated heterocycles. The summed E-state index contributed by atoms with van der Waals surface area (Å²) in [7, 11) is 1.18. The van der Waals surface area contributed by atoms with Gasteiger partial charge in [-0.05, 0) is 26.8 Å². The van der Waals surface area contributed by atoms with Crippen molar-refractivity contribution in [1.29, 1.82) is 0 Å². The molecule has 1 atom stereocenters. The lowest BCUT2D eigenvalue weighted by molar-refractivity contribution is -0.165. The molecule has 1 rings (SSSR count). The molecule has 0 fully saturated rings. The van der Waals surface area contributed by atoms with E-state index >= 15 is 0 Å². The van der Waals surface area contributed by atoms with E-state index in [2.05, 4.69) is 9.84 Å². The van der Waals surface area contributed by atoms with E-state index < -0.39 is 17.4 Å². The molecular weight excluding hydrogens is 236 g/mol. The van der Waals surface area contributed by atoms with Gasteiger partial charge in [0.1, 0.15) is 0 Å². The van der Waals surface area contributed by atoms with Crippen molar-refractivity contribution in [1.82, 2.24) is 9.78 Å². The third-order valence-electron chi connectivity index (χ3n) is 2.84. The van der Waals surface area contributed by atoms with Crippen molar-refractivity contribution in [3.05, 3.63) is 18.0 Å². The largest absolute Gasteiger partial charge is 0.480 e. The summed E-state index contributed by atoms with van der Waals surface area (Å²) in [5.41, 5.74) is -1.05. The van der Waals surface area contributed by atoms with Gasteiger partial charge in [0.15, 0.2) is 5.41 Å². The summed E-state index contributed by atoms with van der Waals surface area (Å²) in [5.74, 6) is -1.98. The fraction of sp³-hybridized carbons (Fsp3) is 0.583. The number of aromatic nitrogens is 2. The van der Waals surface area contributed by atoms with Crippen LogP contribution in [0, 0.1) is 5.41 Å². The highest BCUT2D eigenvalue weighted by Gasteiger charge is 2.43. The van der Waals surface area contributed by atoms with Gasteiger partial charge in [0.05, 0.1) is 12.8 Å². The molecule has 0 aliphatic heterocycles. The molecule has 0 saturated carbocycles. The molecule has 1 aromatic heterocycles. The van der Waals surface area contributed by atoms with Crippen LogP contribution in [0.25, 0.3) is 0 Å². The molecule has 0 aliphatic rings. The number of rotatable bonds is 5. The lowest BCUT2D eigenvalue weighted by Crippen LogP contribution is -2.39. The smallest absolute Gasteiger partial charge is 0.323 e. The minimum absolute atomic E-state index is 0.00866. The van der Waals surface area contributed by atoms with Crippen LogP contribution in [0.3, 0.4) is 0 Å². The normalized spacial score (nSPS) is 14.3. The van der Waals surface area contributed by atoms with Gasteiger partial charge in [-0.3, -0.25) is 14.3 Å². The quantitative estimate of drug-likeness (QED) is 0.632. The zero-order valence-electron chi connectivity index (χ0n) is 11.0. The van der Waals surface area contributed by atoms with Gasteiger partial charge in [0.2, 0.25) is 0 Å². The van der Waals surface area contributed by atoms with Crippen molar-refractivity contribution in [2.45, 2.75) is 33.2 Å². The number of esters is 1. The van der Waals surface area contributed by atoms with Crippen molar-refractivity contribution in [2.24, 2.45) is 5.41 Å². The van der Waals surface area contributed by atoms with Crippen molar-refractivity contribution in [3.63, 3.8) is 0 Å². The first kappa shape index (κ1) is 14.2. The highest BCUT2D eigenvalue weighted by Crippen LogP contribution is 2.24. The standard InChI is InChI=1S/C12H18N2O4/c1-8(2)14-6-5-9(13-14)7-12(3,10(15)16)11(17)18-4/h5-6,8H,7H2,1-4H3,(H,15,16). The molecule has 100 valence electrons. The molecule has 6 nitrogen and oxygen atoms in total. The predicted octanol–water partition coefficient (Wildman–Crippen LogP) is 1.27. The van der Waals surface area contributed by atoms with E-state index in [4.69, 9.17) is 0 Å². The Labute approximate surface area is 106 Å². The van der Waals surface area contributed by atoms with Gasteiger partial charge in [-0.2, -0.15) is 5.10 Å². The molecule has 0 radical (unpaired) electrons. The van der Waals surface area contributed by atoms with Gasteiger partial charge >= 0.3 is 11.9 Å². The van der Waals surface area contributed by atoms with Crippen molar-refractivity contribution in [2.75, 3.05) is 7.11 Å². The van der Waals surface area contributed by atoms with Crippen LogP contribution in [0.1, 0.15) is 32.5 Å². The van der Waals surface area contributed by atoms with Crippen molar-refractivity contribution < 1.29 is 19.4 Å². The topological polar surface area (TPSA) is 81.4 Å². The first-order valence-corrected chi connectivity index (χ1v) is 5.67. The number of carboxylic acids is 1. The van der Waals surface area contributed by atoms with Crippen LogP contribution in [0.4, 0.5) is 0 Å². The number of carbonyl (C=O) groups is 2. The van der Waals surface area contributed by atoms with Gasteiger partial charge in [-0.1, -0.05) is 0 Å². The van der Waals surface area contributed by atoms with Crippen LogP contribution in [0.15, 0.2) is 12.3 Å². The zero-order valence-corrected chi connectivity index (χ0v) is 11.0. The summed E-state index contributed by atoms with van der Waals surface area (Å²) in [6.07, 6.45) is 1.77. The van der Waals surface area contributed by atoms with E-state index in [1.807, 2.05) is 13.8 Å². The number of aliphatic carboxylic acids is 1. The summed E-state index contributed by atoms with van der Waals surface area (Å²) in [6.45, 7) is 5.27. The first-order valence-electron chi connectivity index (χ1n) is 5.67. The molecular formula is C12H18N2O4. The summed E-state index contributed by atoms with van der Waals surface area (Å²) in [5, 5.41) is 13.4. The highest BCUT2D eigenvalue weighted by atomic mass is 16.5. The van der Waals surface area contributed by atoms with E-state index in [1.54, 1.807) is 16.9 Å². The van der Waals surface area contributed by atoms with Gasteiger partial charge in [-0.25, -0.2) is 0 Å². The molecule has 6 heteroatoms. The van der Waals surface area contributed by atoms with E-state index in [-0.39, 0.29) is 12.5 Å². The van der Waals surface area contributed by atoms with E-state index in [0.717, 1.165) is 0 Å². The van der Waals surface area contributed by atoms with Crippen LogP contribution < -0.4 is 0 Å². The number of hydrogen-bond acceptors (Lipinski definition) is 4. The fourth-order valence-corrected chi connectivity index (χ4v) is 1.58. The average molecular weight is 254 g/mol. The highest BCUT2D eigenvalue weighted by molar-refractivity contribution is 5.98. The molecule has 1 aromatic rings. The maximum Gasteiger partial charge on any atom is 0.323 e. The second-order valence-corrected chi connectivity index (χ2v) is 4.69. The van der Waals surface area contributed by atoms with E-state index in [1.165, 1.54) is 14.0 Å². The number of carboxylic acid groups (broad SMARTS) is 1. The van der Waals surface area contributed by atoms with Crippen LogP contribution >= 0.6 is 0 Å². The molecule has 1 unspecified atom stereocenters. The maximum absolute atomic E-state index is 11.6. The number of nitrogens with zero attached hydrogens (tertiary/aromatic N) is 2. The van der Waals surface area contributed by atoms with Crippen LogP contribution in [0.2, 0.25) is 0 Å².